The van der Waals surface area contributed by atoms with Crippen molar-refractivity contribution in [3.05, 3.63) is 0 Å². The minimum absolute atomic E-state index is 0.320. The standard InChI is InChI=1S/C14H25NO3/c15-8-2-4-9-16-10-5-6-11-17-13-14-7-1-3-12-18-14/h14H,1-7,9-13H2. The number of ether oxygens (including phenoxy) is 3. The van der Waals surface area contributed by atoms with Crippen molar-refractivity contribution in [1.29, 1.82) is 5.26 Å². The molecule has 0 aromatic carbocycles. The molecule has 0 N–H and O–H groups in total. The zero-order valence-electron chi connectivity index (χ0n) is 11.2. The number of unbranched alkanes of at least 4 members (excludes halogenated alkanes) is 2. The Morgan fingerprint density at radius 3 is 2.56 bits per heavy atom. The second-order valence-electron chi connectivity index (χ2n) is 4.64. The summed E-state index contributed by atoms with van der Waals surface area (Å²) in [5.41, 5.74) is 0. The second-order valence-corrected chi connectivity index (χ2v) is 4.64. The van der Waals surface area contributed by atoms with Gasteiger partial charge in [0.1, 0.15) is 0 Å². The molecule has 0 aromatic heterocycles. The van der Waals surface area contributed by atoms with Gasteiger partial charge in [-0.25, -0.2) is 0 Å². The first-order chi connectivity index (χ1) is 8.93. The van der Waals surface area contributed by atoms with Gasteiger partial charge in [-0.05, 0) is 38.5 Å². The van der Waals surface area contributed by atoms with E-state index in [9.17, 15) is 0 Å². The summed E-state index contributed by atoms with van der Waals surface area (Å²) in [5, 5.41) is 8.34. The molecule has 104 valence electrons. The van der Waals surface area contributed by atoms with E-state index in [4.69, 9.17) is 19.5 Å². The molecular weight excluding hydrogens is 230 g/mol. The lowest BCUT2D eigenvalue weighted by atomic mass is 10.1. The SMILES string of the molecule is N#CCCCOCCCCOCC1CCCCO1. The van der Waals surface area contributed by atoms with Gasteiger partial charge in [-0.2, -0.15) is 5.26 Å². The van der Waals surface area contributed by atoms with Crippen molar-refractivity contribution < 1.29 is 14.2 Å². The summed E-state index contributed by atoms with van der Waals surface area (Å²) < 4.78 is 16.6. The Kier molecular flexibility index (Phi) is 9.82. The van der Waals surface area contributed by atoms with Crippen LogP contribution in [0.25, 0.3) is 0 Å². The Morgan fingerprint density at radius 2 is 1.83 bits per heavy atom. The van der Waals surface area contributed by atoms with Crippen molar-refractivity contribution in [2.24, 2.45) is 0 Å². The third-order valence-electron chi connectivity index (χ3n) is 2.98. The molecular formula is C14H25NO3. The van der Waals surface area contributed by atoms with Crippen molar-refractivity contribution in [2.75, 3.05) is 33.0 Å². The highest BCUT2D eigenvalue weighted by Crippen LogP contribution is 2.12. The topological polar surface area (TPSA) is 51.5 Å². The van der Waals surface area contributed by atoms with Gasteiger partial charge in [0.15, 0.2) is 0 Å². The molecule has 0 spiro atoms. The van der Waals surface area contributed by atoms with Crippen LogP contribution in [-0.2, 0) is 14.2 Å². The van der Waals surface area contributed by atoms with Crippen LogP contribution in [0.2, 0.25) is 0 Å². The van der Waals surface area contributed by atoms with Gasteiger partial charge in [-0.15, -0.1) is 0 Å². The smallest absolute Gasteiger partial charge is 0.0808 e. The number of nitriles is 1. The summed E-state index contributed by atoms with van der Waals surface area (Å²) in [6.45, 7) is 3.90. The van der Waals surface area contributed by atoms with Crippen LogP contribution < -0.4 is 0 Å². The normalized spacial score (nSPS) is 19.6. The fourth-order valence-electron chi connectivity index (χ4n) is 1.92. The van der Waals surface area contributed by atoms with Crippen LogP contribution in [0.1, 0.15) is 44.9 Å². The van der Waals surface area contributed by atoms with Gasteiger partial charge in [0.2, 0.25) is 0 Å². The van der Waals surface area contributed by atoms with Crippen LogP contribution in [0.3, 0.4) is 0 Å². The zero-order chi connectivity index (χ0) is 12.9. The molecule has 0 radical (unpaired) electrons. The van der Waals surface area contributed by atoms with Crippen molar-refractivity contribution in [3.8, 4) is 6.07 Å². The van der Waals surface area contributed by atoms with Gasteiger partial charge in [-0.1, -0.05) is 0 Å². The molecule has 0 saturated carbocycles. The van der Waals surface area contributed by atoms with Gasteiger partial charge in [0.25, 0.3) is 0 Å². The molecule has 1 saturated heterocycles. The molecule has 4 nitrogen and oxygen atoms in total. The van der Waals surface area contributed by atoms with Crippen LogP contribution in [0.5, 0.6) is 0 Å². The number of hydrogen-bond acceptors (Lipinski definition) is 4. The fourth-order valence-corrected chi connectivity index (χ4v) is 1.92. The Bertz CT molecular complexity index is 222. The Labute approximate surface area is 110 Å². The van der Waals surface area contributed by atoms with E-state index < -0.39 is 0 Å². The molecule has 18 heavy (non-hydrogen) atoms. The minimum Gasteiger partial charge on any atom is -0.381 e. The van der Waals surface area contributed by atoms with E-state index in [1.165, 1.54) is 12.8 Å². The van der Waals surface area contributed by atoms with Gasteiger partial charge in [0.05, 0.1) is 18.8 Å². The maximum absolute atomic E-state index is 8.34. The summed E-state index contributed by atoms with van der Waals surface area (Å²) in [6, 6.07) is 2.11. The molecule has 1 rings (SSSR count). The maximum atomic E-state index is 8.34. The Balaban J connectivity index is 1.74. The van der Waals surface area contributed by atoms with E-state index in [-0.39, 0.29) is 0 Å². The Hall–Kier alpha value is -0.630. The molecule has 0 amide bonds. The molecule has 1 heterocycles. The van der Waals surface area contributed by atoms with E-state index in [0.29, 0.717) is 19.1 Å². The van der Waals surface area contributed by atoms with E-state index >= 15 is 0 Å². The molecule has 1 aliphatic rings. The van der Waals surface area contributed by atoms with Crippen LogP contribution in [0.4, 0.5) is 0 Å². The third-order valence-corrected chi connectivity index (χ3v) is 2.98. The first kappa shape index (κ1) is 15.4. The fraction of sp³-hybridized carbons (Fsp3) is 0.929. The van der Waals surface area contributed by atoms with E-state index in [1.54, 1.807) is 0 Å². The lowest BCUT2D eigenvalue weighted by Crippen LogP contribution is -2.24. The maximum Gasteiger partial charge on any atom is 0.0808 e. The average Bonchev–Trinajstić information content (AvgIpc) is 2.42. The molecule has 4 heteroatoms. The van der Waals surface area contributed by atoms with Gasteiger partial charge in [-0.3, -0.25) is 0 Å². The summed E-state index contributed by atoms with van der Waals surface area (Å²) in [4.78, 5) is 0. The monoisotopic (exact) mass is 255 g/mol. The highest BCUT2D eigenvalue weighted by atomic mass is 16.5. The van der Waals surface area contributed by atoms with E-state index in [1.807, 2.05) is 0 Å². The molecule has 0 aliphatic carbocycles. The molecule has 1 fully saturated rings. The van der Waals surface area contributed by atoms with E-state index in [0.717, 1.165) is 52.1 Å². The summed E-state index contributed by atoms with van der Waals surface area (Å²) in [7, 11) is 0. The number of rotatable bonds is 10. The highest BCUT2D eigenvalue weighted by molar-refractivity contribution is 4.67. The summed E-state index contributed by atoms with van der Waals surface area (Å²) in [5.74, 6) is 0. The first-order valence-electron chi connectivity index (χ1n) is 7.07. The van der Waals surface area contributed by atoms with Crippen molar-refractivity contribution >= 4 is 0 Å². The van der Waals surface area contributed by atoms with Crippen LogP contribution in [0.15, 0.2) is 0 Å². The second kappa shape index (κ2) is 11.5. The van der Waals surface area contributed by atoms with E-state index in [2.05, 4.69) is 6.07 Å². The highest BCUT2D eigenvalue weighted by Gasteiger charge is 2.13. The number of hydrogen-bond donors (Lipinski definition) is 0. The van der Waals surface area contributed by atoms with Crippen LogP contribution in [0, 0.1) is 11.3 Å². The molecule has 1 unspecified atom stereocenters. The van der Waals surface area contributed by atoms with Crippen LogP contribution in [-0.4, -0.2) is 39.1 Å². The predicted octanol–water partition coefficient (Wildman–Crippen LogP) is 2.67. The predicted molar refractivity (Wildman–Crippen MR) is 69.3 cm³/mol. The summed E-state index contributed by atoms with van der Waals surface area (Å²) in [6.07, 6.45) is 7.41. The first-order valence-corrected chi connectivity index (χ1v) is 7.07. The quantitative estimate of drug-likeness (QED) is 0.563. The summed E-state index contributed by atoms with van der Waals surface area (Å²) >= 11 is 0. The average molecular weight is 255 g/mol. The van der Waals surface area contributed by atoms with Crippen molar-refractivity contribution in [3.63, 3.8) is 0 Å². The van der Waals surface area contributed by atoms with Gasteiger partial charge in [0, 0.05) is 32.8 Å². The lowest BCUT2D eigenvalue weighted by Gasteiger charge is -2.22. The lowest BCUT2D eigenvalue weighted by molar-refractivity contribution is -0.0416. The van der Waals surface area contributed by atoms with Crippen LogP contribution >= 0.6 is 0 Å². The zero-order valence-corrected chi connectivity index (χ0v) is 11.2. The largest absolute Gasteiger partial charge is 0.381 e. The molecule has 0 aromatic rings. The molecule has 1 atom stereocenters. The van der Waals surface area contributed by atoms with Crippen molar-refractivity contribution in [2.45, 2.75) is 51.0 Å². The number of nitrogens with zero attached hydrogens (tertiary/aromatic N) is 1. The minimum atomic E-state index is 0.320. The van der Waals surface area contributed by atoms with Crippen molar-refractivity contribution in [1.82, 2.24) is 0 Å². The third kappa shape index (κ3) is 8.46. The molecule has 0 bridgehead atoms. The Morgan fingerprint density at radius 1 is 1.06 bits per heavy atom. The van der Waals surface area contributed by atoms with Gasteiger partial charge >= 0.3 is 0 Å². The molecule has 1 aliphatic heterocycles. The van der Waals surface area contributed by atoms with Gasteiger partial charge < -0.3 is 14.2 Å².